The summed E-state index contributed by atoms with van der Waals surface area (Å²) in [4.78, 5) is 54.6. The van der Waals surface area contributed by atoms with Gasteiger partial charge in [-0.3, -0.25) is 23.5 Å². The molecule has 1 aliphatic rings. The van der Waals surface area contributed by atoms with Crippen LogP contribution < -0.4 is 21.9 Å². The lowest BCUT2D eigenvalue weighted by Crippen LogP contribution is -2.38. The Kier molecular flexibility index (Phi) is 6.22. The fourth-order valence-corrected chi connectivity index (χ4v) is 5.19. The molecule has 13 heteroatoms. The van der Waals surface area contributed by atoms with Gasteiger partial charge in [-0.1, -0.05) is 30.3 Å². The summed E-state index contributed by atoms with van der Waals surface area (Å²) in [5.74, 6) is 1.21. The highest BCUT2D eigenvalue weighted by molar-refractivity contribution is 7.98. The van der Waals surface area contributed by atoms with E-state index < -0.39 is 17.2 Å². The van der Waals surface area contributed by atoms with E-state index in [4.69, 9.17) is 0 Å². The van der Waals surface area contributed by atoms with Crippen LogP contribution in [0.3, 0.4) is 0 Å². The van der Waals surface area contributed by atoms with Crippen molar-refractivity contribution < 1.29 is 9.59 Å². The minimum Gasteiger partial charge on any atom is -0.350 e. The van der Waals surface area contributed by atoms with Gasteiger partial charge >= 0.3 is 5.69 Å². The van der Waals surface area contributed by atoms with Crippen molar-refractivity contribution in [2.45, 2.75) is 31.1 Å². The average molecular weight is 509 g/mol. The standard InChI is InChI=1S/C23H24N8O4S/c1-28-21-19(22(34)29(2)23(28)35)30(13-25-21)9-18(33)26-20-15-11-36-12-16(15)27-31(20)10-17(32)24-8-14-6-4-3-5-7-14/h3-7,13H,8-12H2,1-2H3,(H,24,32)(H,26,33). The Hall–Kier alpha value is -4.13. The summed E-state index contributed by atoms with van der Waals surface area (Å²) in [5, 5.41) is 10.3. The van der Waals surface area contributed by atoms with E-state index in [0.717, 1.165) is 21.4 Å². The minimum absolute atomic E-state index is 0.0449. The molecule has 0 radical (unpaired) electrons. The topological polar surface area (TPSA) is 138 Å². The average Bonchev–Trinajstić information content (AvgIpc) is 3.57. The van der Waals surface area contributed by atoms with Crippen molar-refractivity contribution in [3.63, 3.8) is 0 Å². The van der Waals surface area contributed by atoms with Crippen LogP contribution >= 0.6 is 11.8 Å². The molecule has 0 saturated carbocycles. The first kappa shape index (κ1) is 23.6. The van der Waals surface area contributed by atoms with Crippen molar-refractivity contribution in [1.29, 1.82) is 0 Å². The Labute approximate surface area is 208 Å². The molecule has 2 amide bonds. The molecule has 4 heterocycles. The molecule has 12 nitrogen and oxygen atoms in total. The summed E-state index contributed by atoms with van der Waals surface area (Å²) in [6, 6.07) is 9.58. The summed E-state index contributed by atoms with van der Waals surface area (Å²) >= 11 is 1.68. The predicted molar refractivity (Wildman–Crippen MR) is 134 cm³/mol. The SMILES string of the molecule is Cn1c(=O)c2c(ncn2CC(=O)Nc2c3c(nn2CC(=O)NCc2ccccc2)CSC3)n(C)c1=O. The number of hydrogen-bond donors (Lipinski definition) is 2. The maximum Gasteiger partial charge on any atom is 0.332 e. The number of aryl methyl sites for hydroxylation is 1. The molecule has 0 bridgehead atoms. The molecular formula is C23H24N8O4S. The van der Waals surface area contributed by atoms with Crippen LogP contribution in [0, 0.1) is 0 Å². The number of benzene rings is 1. The molecule has 5 rings (SSSR count). The van der Waals surface area contributed by atoms with E-state index >= 15 is 0 Å². The molecular weight excluding hydrogens is 484 g/mol. The van der Waals surface area contributed by atoms with E-state index in [1.165, 1.54) is 34.2 Å². The second-order valence-electron chi connectivity index (χ2n) is 8.49. The fraction of sp³-hybridized carbons (Fsp3) is 0.304. The monoisotopic (exact) mass is 508 g/mol. The minimum atomic E-state index is -0.532. The number of hydrogen-bond acceptors (Lipinski definition) is 7. The van der Waals surface area contributed by atoms with E-state index in [1.54, 1.807) is 11.8 Å². The van der Waals surface area contributed by atoms with Crippen LogP contribution in [0.4, 0.5) is 5.82 Å². The fourth-order valence-electron chi connectivity index (χ4n) is 4.15. The number of carbonyl (C=O) groups is 2. The molecule has 0 atom stereocenters. The smallest absolute Gasteiger partial charge is 0.332 e. The van der Waals surface area contributed by atoms with Crippen molar-refractivity contribution in [3.05, 3.63) is 74.3 Å². The maximum atomic E-state index is 13.0. The number of thioether (sulfide) groups is 1. The van der Waals surface area contributed by atoms with Gasteiger partial charge in [0.15, 0.2) is 11.2 Å². The number of carbonyl (C=O) groups excluding carboxylic acids is 2. The van der Waals surface area contributed by atoms with Gasteiger partial charge in [-0.15, -0.1) is 0 Å². The Morgan fingerprint density at radius 2 is 1.81 bits per heavy atom. The summed E-state index contributed by atoms with van der Waals surface area (Å²) < 4.78 is 5.16. The zero-order valence-electron chi connectivity index (χ0n) is 19.7. The van der Waals surface area contributed by atoms with Crippen LogP contribution in [-0.4, -0.2) is 40.3 Å². The molecule has 0 saturated heterocycles. The van der Waals surface area contributed by atoms with Gasteiger partial charge in [0.1, 0.15) is 18.9 Å². The van der Waals surface area contributed by atoms with Gasteiger partial charge in [-0.05, 0) is 5.56 Å². The second-order valence-corrected chi connectivity index (χ2v) is 9.47. The van der Waals surface area contributed by atoms with E-state index in [1.807, 2.05) is 30.3 Å². The maximum absolute atomic E-state index is 13.0. The van der Waals surface area contributed by atoms with Gasteiger partial charge in [0.05, 0.1) is 12.0 Å². The van der Waals surface area contributed by atoms with Crippen LogP contribution in [0.5, 0.6) is 0 Å². The van der Waals surface area contributed by atoms with E-state index in [9.17, 15) is 19.2 Å². The van der Waals surface area contributed by atoms with Crippen molar-refractivity contribution in [3.8, 4) is 0 Å². The van der Waals surface area contributed by atoms with Gasteiger partial charge in [-0.25, -0.2) is 14.5 Å². The largest absolute Gasteiger partial charge is 0.350 e. The molecule has 1 aliphatic heterocycles. The lowest BCUT2D eigenvalue weighted by Gasteiger charge is -2.12. The molecule has 3 aromatic heterocycles. The second kappa shape index (κ2) is 9.49. The van der Waals surface area contributed by atoms with Crippen molar-refractivity contribution in [2.24, 2.45) is 14.1 Å². The van der Waals surface area contributed by atoms with Gasteiger partial charge in [0, 0.05) is 37.7 Å². The highest BCUT2D eigenvalue weighted by Crippen LogP contribution is 2.34. The zero-order valence-corrected chi connectivity index (χ0v) is 20.5. The molecule has 0 unspecified atom stereocenters. The number of aromatic nitrogens is 6. The zero-order chi connectivity index (χ0) is 25.4. The summed E-state index contributed by atoms with van der Waals surface area (Å²) in [6.07, 6.45) is 1.36. The Balaban J connectivity index is 1.35. The molecule has 186 valence electrons. The van der Waals surface area contributed by atoms with Crippen LogP contribution in [0.1, 0.15) is 16.8 Å². The molecule has 0 fully saturated rings. The van der Waals surface area contributed by atoms with Gasteiger partial charge in [0.25, 0.3) is 5.56 Å². The Bertz CT molecular complexity index is 1600. The number of nitrogens with one attached hydrogen (secondary N) is 2. The third kappa shape index (κ3) is 4.33. The van der Waals surface area contributed by atoms with Crippen molar-refractivity contribution in [2.75, 3.05) is 5.32 Å². The van der Waals surface area contributed by atoms with Crippen LogP contribution in [0.2, 0.25) is 0 Å². The predicted octanol–water partition coefficient (Wildman–Crippen LogP) is 0.332. The van der Waals surface area contributed by atoms with Crippen LogP contribution in [-0.2, 0) is 54.8 Å². The number of rotatable bonds is 7. The Morgan fingerprint density at radius 3 is 2.58 bits per heavy atom. The van der Waals surface area contributed by atoms with Gasteiger partial charge in [0.2, 0.25) is 11.8 Å². The van der Waals surface area contributed by atoms with E-state index in [2.05, 4.69) is 20.7 Å². The lowest BCUT2D eigenvalue weighted by atomic mass is 10.2. The molecule has 1 aromatic carbocycles. The molecule has 36 heavy (non-hydrogen) atoms. The van der Waals surface area contributed by atoms with Crippen LogP contribution in [0.15, 0.2) is 46.2 Å². The van der Waals surface area contributed by atoms with Gasteiger partial charge in [-0.2, -0.15) is 16.9 Å². The van der Waals surface area contributed by atoms with Crippen molar-refractivity contribution in [1.82, 2.24) is 33.8 Å². The number of amides is 2. The van der Waals surface area contributed by atoms with E-state index in [0.29, 0.717) is 23.9 Å². The number of imidazole rings is 1. The van der Waals surface area contributed by atoms with Crippen molar-refractivity contribution >= 4 is 40.6 Å². The summed E-state index contributed by atoms with van der Waals surface area (Å²) in [5.41, 5.74) is 2.04. The first-order chi connectivity index (χ1) is 17.3. The lowest BCUT2D eigenvalue weighted by molar-refractivity contribution is -0.122. The third-order valence-corrected chi connectivity index (χ3v) is 7.00. The van der Waals surface area contributed by atoms with E-state index in [-0.39, 0.29) is 30.2 Å². The molecule has 0 aliphatic carbocycles. The summed E-state index contributed by atoms with van der Waals surface area (Å²) in [7, 11) is 2.90. The molecule has 2 N–H and O–H groups in total. The third-order valence-electron chi connectivity index (χ3n) is 6.03. The number of fused-ring (bicyclic) bond motifs is 2. The number of nitrogens with zero attached hydrogens (tertiary/aromatic N) is 6. The first-order valence-corrected chi connectivity index (χ1v) is 12.4. The summed E-state index contributed by atoms with van der Waals surface area (Å²) in [6.45, 7) is 0.150. The normalized spacial score (nSPS) is 12.6. The Morgan fingerprint density at radius 1 is 1.03 bits per heavy atom. The molecule has 0 spiro atoms. The number of anilines is 1. The highest BCUT2D eigenvalue weighted by atomic mass is 32.2. The molecule has 4 aromatic rings. The first-order valence-electron chi connectivity index (χ1n) is 11.2. The quantitative estimate of drug-likeness (QED) is 0.367. The van der Waals surface area contributed by atoms with Crippen LogP contribution in [0.25, 0.3) is 11.2 Å². The van der Waals surface area contributed by atoms with Gasteiger partial charge < -0.3 is 15.2 Å². The highest BCUT2D eigenvalue weighted by Gasteiger charge is 2.25.